The lowest BCUT2D eigenvalue weighted by Gasteiger charge is -2.35. The first-order chi connectivity index (χ1) is 12.2. The summed E-state index contributed by atoms with van der Waals surface area (Å²) in [4.78, 5) is 4.55. The Morgan fingerprint density at radius 1 is 1.12 bits per heavy atom. The molecule has 2 heterocycles. The molecule has 1 fully saturated rings. The van der Waals surface area contributed by atoms with Crippen molar-refractivity contribution >= 4 is 23.0 Å². The van der Waals surface area contributed by atoms with Gasteiger partial charge in [-0.15, -0.1) is 0 Å². The fourth-order valence-corrected chi connectivity index (χ4v) is 3.11. The molecule has 1 aromatic heterocycles. The number of rotatable bonds is 5. The van der Waals surface area contributed by atoms with E-state index in [1.807, 2.05) is 30.3 Å². The Bertz CT molecular complexity index is 675. The highest BCUT2D eigenvalue weighted by atomic mass is 32.1. The Labute approximate surface area is 153 Å². The van der Waals surface area contributed by atoms with E-state index in [2.05, 4.69) is 15.1 Å². The van der Waals surface area contributed by atoms with Crippen LogP contribution in [0.3, 0.4) is 0 Å². The lowest BCUT2D eigenvalue weighted by Crippen LogP contribution is -2.49. The zero-order valence-electron chi connectivity index (χ0n) is 14.5. The van der Waals surface area contributed by atoms with Gasteiger partial charge in [-0.05, 0) is 24.4 Å². The van der Waals surface area contributed by atoms with E-state index in [9.17, 15) is 0 Å². The number of thiocarbonyl (C=S) groups is 1. The quantitative estimate of drug-likeness (QED) is 0.822. The van der Waals surface area contributed by atoms with E-state index in [-0.39, 0.29) is 0 Å². The molecule has 0 unspecified atom stereocenters. The smallest absolute Gasteiger partial charge is 0.173 e. The maximum atomic E-state index is 5.57. The topological polar surface area (TPSA) is 50.1 Å². The highest BCUT2D eigenvalue weighted by molar-refractivity contribution is 7.80. The summed E-state index contributed by atoms with van der Waals surface area (Å²) in [5, 5.41) is 4.00. The molecule has 1 aliphatic rings. The van der Waals surface area contributed by atoms with Gasteiger partial charge >= 0.3 is 0 Å². The summed E-state index contributed by atoms with van der Waals surface area (Å²) in [5.74, 6) is 2.46. The van der Waals surface area contributed by atoms with Crippen LogP contribution in [0.15, 0.2) is 41.0 Å². The van der Waals surface area contributed by atoms with Crippen LogP contribution >= 0.6 is 12.2 Å². The monoisotopic (exact) mass is 361 g/mol. The van der Waals surface area contributed by atoms with Gasteiger partial charge in [0.25, 0.3) is 0 Å². The Balaban J connectivity index is 1.54. The third kappa shape index (κ3) is 4.64. The second kappa shape index (κ2) is 8.22. The molecule has 1 aromatic carbocycles. The summed E-state index contributed by atoms with van der Waals surface area (Å²) in [7, 11) is 3.27. The largest absolute Gasteiger partial charge is 0.497 e. The van der Waals surface area contributed by atoms with E-state index < -0.39 is 0 Å². The van der Waals surface area contributed by atoms with Crippen LogP contribution in [-0.2, 0) is 6.54 Å². The molecule has 0 aliphatic carbocycles. The van der Waals surface area contributed by atoms with Crippen molar-refractivity contribution in [1.29, 1.82) is 0 Å². The molecule has 0 saturated carbocycles. The number of nitrogens with one attached hydrogen (secondary N) is 1. The van der Waals surface area contributed by atoms with Gasteiger partial charge in [-0.3, -0.25) is 4.90 Å². The predicted molar refractivity (Wildman–Crippen MR) is 101 cm³/mol. The summed E-state index contributed by atoms with van der Waals surface area (Å²) in [5.41, 5.74) is 0.860. The Morgan fingerprint density at radius 2 is 1.80 bits per heavy atom. The number of piperazine rings is 1. The number of benzene rings is 1. The van der Waals surface area contributed by atoms with Gasteiger partial charge in [0.15, 0.2) is 5.11 Å². The summed E-state index contributed by atoms with van der Waals surface area (Å²) >= 11 is 5.57. The van der Waals surface area contributed by atoms with Crippen LogP contribution < -0.4 is 14.8 Å². The van der Waals surface area contributed by atoms with Gasteiger partial charge in [0, 0.05) is 50.1 Å². The lowest BCUT2D eigenvalue weighted by atomic mass is 10.2. The van der Waals surface area contributed by atoms with Crippen LogP contribution in [0.2, 0.25) is 0 Å². The highest BCUT2D eigenvalue weighted by Gasteiger charge is 2.20. The standard InChI is InChI=1S/C18H23N3O3S/c1-22-16-10-14(11-17(12-16)23-2)19-18(25)21-7-5-20(6-8-21)13-15-4-3-9-24-15/h3-4,9-12H,5-8,13H2,1-2H3,(H,19,25). The van der Waals surface area contributed by atoms with Crippen LogP contribution in [0, 0.1) is 0 Å². The van der Waals surface area contributed by atoms with Gasteiger partial charge in [0.05, 0.1) is 27.0 Å². The molecule has 2 aromatic rings. The third-order valence-corrected chi connectivity index (χ3v) is 4.58. The second-order valence-electron chi connectivity index (χ2n) is 5.87. The molecule has 3 rings (SSSR count). The molecule has 1 N–H and O–H groups in total. The molecule has 0 spiro atoms. The second-order valence-corrected chi connectivity index (χ2v) is 6.26. The van der Waals surface area contributed by atoms with Gasteiger partial charge in [-0.25, -0.2) is 0 Å². The van der Waals surface area contributed by atoms with E-state index in [0.29, 0.717) is 5.11 Å². The molecule has 0 atom stereocenters. The number of methoxy groups -OCH3 is 2. The van der Waals surface area contributed by atoms with Crippen molar-refractivity contribution < 1.29 is 13.9 Å². The predicted octanol–water partition coefficient (Wildman–Crippen LogP) is 2.81. The SMILES string of the molecule is COc1cc(NC(=S)N2CCN(Cc3ccco3)CC2)cc(OC)c1. The Hall–Kier alpha value is -2.25. The molecule has 25 heavy (non-hydrogen) atoms. The zero-order chi connectivity index (χ0) is 17.6. The van der Waals surface area contributed by atoms with Gasteiger partial charge in [0.1, 0.15) is 17.3 Å². The number of hydrogen-bond acceptors (Lipinski definition) is 5. The maximum absolute atomic E-state index is 5.57. The first-order valence-electron chi connectivity index (χ1n) is 8.21. The molecular formula is C18H23N3O3S. The van der Waals surface area contributed by atoms with E-state index in [0.717, 1.165) is 55.7 Å². The molecule has 7 heteroatoms. The summed E-state index contributed by atoms with van der Waals surface area (Å²) in [6, 6.07) is 9.58. The van der Waals surface area contributed by atoms with Gasteiger partial charge in [-0.2, -0.15) is 0 Å². The number of hydrogen-bond donors (Lipinski definition) is 1. The first kappa shape index (κ1) is 17.6. The minimum atomic E-state index is 0.716. The van der Waals surface area contributed by atoms with E-state index in [1.54, 1.807) is 20.5 Å². The number of anilines is 1. The minimum absolute atomic E-state index is 0.716. The van der Waals surface area contributed by atoms with Crippen molar-refractivity contribution in [1.82, 2.24) is 9.80 Å². The number of nitrogens with zero attached hydrogens (tertiary/aromatic N) is 2. The van der Waals surface area contributed by atoms with Crippen LogP contribution in [0.1, 0.15) is 5.76 Å². The van der Waals surface area contributed by atoms with E-state index in [4.69, 9.17) is 26.1 Å². The van der Waals surface area contributed by atoms with Gasteiger partial charge in [-0.1, -0.05) is 0 Å². The summed E-state index contributed by atoms with van der Waals surface area (Å²) in [6.07, 6.45) is 1.72. The fourth-order valence-electron chi connectivity index (χ4n) is 2.81. The van der Waals surface area contributed by atoms with Crippen molar-refractivity contribution in [3.63, 3.8) is 0 Å². The summed E-state index contributed by atoms with van der Waals surface area (Å²) in [6.45, 7) is 4.50. The lowest BCUT2D eigenvalue weighted by molar-refractivity contribution is 0.166. The average molecular weight is 361 g/mol. The van der Waals surface area contributed by atoms with Crippen LogP contribution in [-0.4, -0.2) is 55.3 Å². The third-order valence-electron chi connectivity index (χ3n) is 4.22. The van der Waals surface area contributed by atoms with Crippen molar-refractivity contribution in [2.45, 2.75) is 6.54 Å². The minimum Gasteiger partial charge on any atom is -0.497 e. The van der Waals surface area contributed by atoms with Crippen molar-refractivity contribution in [2.75, 3.05) is 45.7 Å². The van der Waals surface area contributed by atoms with Crippen molar-refractivity contribution in [3.8, 4) is 11.5 Å². The Kier molecular flexibility index (Phi) is 5.78. The Morgan fingerprint density at radius 3 is 2.36 bits per heavy atom. The van der Waals surface area contributed by atoms with Crippen LogP contribution in [0.4, 0.5) is 5.69 Å². The fraction of sp³-hybridized carbons (Fsp3) is 0.389. The van der Waals surface area contributed by atoms with Crippen molar-refractivity contribution in [2.24, 2.45) is 0 Å². The normalized spacial score (nSPS) is 15.0. The molecular weight excluding hydrogens is 338 g/mol. The molecule has 134 valence electrons. The summed E-state index contributed by atoms with van der Waals surface area (Å²) < 4.78 is 16.0. The highest BCUT2D eigenvalue weighted by Crippen LogP contribution is 2.26. The van der Waals surface area contributed by atoms with E-state index >= 15 is 0 Å². The van der Waals surface area contributed by atoms with Crippen molar-refractivity contribution in [3.05, 3.63) is 42.4 Å². The molecule has 1 aliphatic heterocycles. The molecule has 6 nitrogen and oxygen atoms in total. The molecule has 1 saturated heterocycles. The van der Waals surface area contributed by atoms with Crippen LogP contribution in [0.25, 0.3) is 0 Å². The maximum Gasteiger partial charge on any atom is 0.173 e. The molecule has 0 amide bonds. The average Bonchev–Trinajstić information content (AvgIpc) is 3.15. The van der Waals surface area contributed by atoms with E-state index in [1.165, 1.54) is 0 Å². The number of furan rings is 1. The zero-order valence-corrected chi connectivity index (χ0v) is 15.3. The molecule has 0 radical (unpaired) electrons. The molecule has 0 bridgehead atoms. The van der Waals surface area contributed by atoms with Gasteiger partial charge < -0.3 is 24.1 Å². The van der Waals surface area contributed by atoms with Crippen LogP contribution in [0.5, 0.6) is 11.5 Å². The van der Waals surface area contributed by atoms with Gasteiger partial charge in [0.2, 0.25) is 0 Å². The number of ether oxygens (including phenoxy) is 2. The first-order valence-corrected chi connectivity index (χ1v) is 8.62.